The molecule has 2 aromatic rings. The highest BCUT2D eigenvalue weighted by Crippen LogP contribution is 2.21. The number of anilines is 1. The Balaban J connectivity index is 1.87. The molecule has 1 heterocycles. The zero-order valence-electron chi connectivity index (χ0n) is 13.2. The zero-order chi connectivity index (χ0) is 16.7. The number of urea groups is 1. The number of nitrogens with zero attached hydrogens (tertiary/aromatic N) is 1. The van der Waals surface area contributed by atoms with Gasteiger partial charge in [-0.2, -0.15) is 0 Å². The van der Waals surface area contributed by atoms with Gasteiger partial charge in [0.25, 0.3) is 0 Å². The first kappa shape index (κ1) is 16.7. The number of benzene rings is 1. The average Bonchev–Trinajstić information content (AvgIpc) is 2.51. The fourth-order valence-electron chi connectivity index (χ4n) is 1.98. The van der Waals surface area contributed by atoms with Crippen LogP contribution in [0.15, 0.2) is 42.6 Å². The molecule has 0 aliphatic carbocycles. The molecule has 2 amide bonds. The first-order chi connectivity index (χ1) is 11.1. The van der Waals surface area contributed by atoms with Crippen molar-refractivity contribution < 1.29 is 13.9 Å². The van der Waals surface area contributed by atoms with Gasteiger partial charge in [0.1, 0.15) is 11.5 Å². The van der Waals surface area contributed by atoms with Crippen LogP contribution in [0.2, 0.25) is 0 Å². The molecule has 1 aromatic carbocycles. The average molecular weight is 317 g/mol. The monoisotopic (exact) mass is 317 g/mol. The largest absolute Gasteiger partial charge is 0.473 e. The van der Waals surface area contributed by atoms with Crippen molar-refractivity contribution in [2.24, 2.45) is 0 Å². The normalized spacial score (nSPS) is 10.4. The van der Waals surface area contributed by atoms with Crippen molar-refractivity contribution in [1.29, 1.82) is 0 Å². The van der Waals surface area contributed by atoms with E-state index in [-0.39, 0.29) is 18.0 Å². The molecule has 2 rings (SSSR count). The number of carbonyl (C=O) groups is 1. The van der Waals surface area contributed by atoms with Gasteiger partial charge >= 0.3 is 6.03 Å². The van der Waals surface area contributed by atoms with E-state index in [9.17, 15) is 9.18 Å². The predicted molar refractivity (Wildman–Crippen MR) is 87.1 cm³/mol. The van der Waals surface area contributed by atoms with Crippen LogP contribution >= 0.6 is 0 Å². The molecule has 2 N–H and O–H groups in total. The number of carbonyl (C=O) groups excluding carboxylic acids is 1. The van der Waals surface area contributed by atoms with Crippen LogP contribution in [0.4, 0.5) is 14.9 Å². The van der Waals surface area contributed by atoms with Gasteiger partial charge in [0, 0.05) is 12.7 Å². The van der Waals surface area contributed by atoms with Crippen molar-refractivity contribution in [3.63, 3.8) is 0 Å². The van der Waals surface area contributed by atoms with Gasteiger partial charge in [-0.25, -0.2) is 14.2 Å². The first-order valence-electron chi connectivity index (χ1n) is 7.46. The Hall–Kier alpha value is -2.63. The summed E-state index contributed by atoms with van der Waals surface area (Å²) in [5.74, 6) is 0.0985. The van der Waals surface area contributed by atoms with Crippen molar-refractivity contribution in [2.75, 3.05) is 11.9 Å². The second-order valence-corrected chi connectivity index (χ2v) is 5.25. The third kappa shape index (κ3) is 5.25. The minimum absolute atomic E-state index is 0.0467. The highest BCUT2D eigenvalue weighted by atomic mass is 19.1. The summed E-state index contributed by atoms with van der Waals surface area (Å²) < 4.78 is 19.0. The molecule has 0 saturated carbocycles. The summed E-state index contributed by atoms with van der Waals surface area (Å²) in [6, 6.07) is 9.54. The lowest BCUT2D eigenvalue weighted by atomic mass is 10.1. The number of hydrogen-bond acceptors (Lipinski definition) is 3. The number of amides is 2. The second kappa shape index (κ2) is 8.12. The topological polar surface area (TPSA) is 63.2 Å². The summed E-state index contributed by atoms with van der Waals surface area (Å²) in [7, 11) is 0. The number of ether oxygens (including phenoxy) is 1. The van der Waals surface area contributed by atoms with E-state index in [0.717, 1.165) is 0 Å². The summed E-state index contributed by atoms with van der Waals surface area (Å²) in [4.78, 5) is 16.0. The fourth-order valence-corrected chi connectivity index (χ4v) is 1.98. The van der Waals surface area contributed by atoms with Gasteiger partial charge in [-0.05, 0) is 44.0 Å². The fraction of sp³-hybridized carbons (Fsp3) is 0.294. The molecule has 1 aromatic heterocycles. The standard InChI is InChI=1S/C17H20FN3O2/c1-12(2)23-16-15(8-5-10-19-16)21-17(22)20-11-9-13-6-3-4-7-14(13)18/h3-8,10,12H,9,11H2,1-2H3,(H2,20,21,22). The molecule has 0 fully saturated rings. The minimum atomic E-state index is -0.386. The molecule has 0 unspecified atom stereocenters. The smallest absolute Gasteiger partial charge is 0.319 e. The Labute approximate surface area is 134 Å². The van der Waals surface area contributed by atoms with Crippen LogP contribution in [-0.4, -0.2) is 23.7 Å². The molecule has 6 heteroatoms. The number of hydrogen-bond donors (Lipinski definition) is 2. The van der Waals surface area contributed by atoms with Crippen LogP contribution in [0.5, 0.6) is 5.88 Å². The van der Waals surface area contributed by atoms with Gasteiger partial charge < -0.3 is 15.4 Å². The van der Waals surface area contributed by atoms with Gasteiger partial charge in [0.2, 0.25) is 5.88 Å². The van der Waals surface area contributed by atoms with Crippen LogP contribution in [0.1, 0.15) is 19.4 Å². The van der Waals surface area contributed by atoms with Crippen LogP contribution in [0.3, 0.4) is 0 Å². The maximum Gasteiger partial charge on any atom is 0.319 e. The third-order valence-corrected chi connectivity index (χ3v) is 3.00. The Morgan fingerprint density at radius 3 is 2.78 bits per heavy atom. The van der Waals surface area contributed by atoms with E-state index < -0.39 is 0 Å². The predicted octanol–water partition coefficient (Wildman–Crippen LogP) is 3.37. The van der Waals surface area contributed by atoms with Crippen LogP contribution in [0, 0.1) is 5.82 Å². The van der Waals surface area contributed by atoms with E-state index in [4.69, 9.17) is 4.74 Å². The molecular formula is C17H20FN3O2. The van der Waals surface area contributed by atoms with Gasteiger partial charge in [-0.15, -0.1) is 0 Å². The number of halogens is 1. The first-order valence-corrected chi connectivity index (χ1v) is 7.46. The van der Waals surface area contributed by atoms with E-state index in [2.05, 4.69) is 15.6 Å². The molecule has 122 valence electrons. The van der Waals surface area contributed by atoms with Gasteiger partial charge in [0.15, 0.2) is 0 Å². The van der Waals surface area contributed by atoms with Crippen molar-refractivity contribution >= 4 is 11.7 Å². The van der Waals surface area contributed by atoms with Crippen molar-refractivity contribution in [3.8, 4) is 5.88 Å². The van der Waals surface area contributed by atoms with E-state index in [1.54, 1.807) is 36.5 Å². The molecule has 5 nitrogen and oxygen atoms in total. The molecule has 0 saturated heterocycles. The molecule has 0 bridgehead atoms. The third-order valence-electron chi connectivity index (χ3n) is 3.00. The molecule has 0 aliphatic rings. The van der Waals surface area contributed by atoms with Crippen LogP contribution in [-0.2, 0) is 6.42 Å². The van der Waals surface area contributed by atoms with Crippen LogP contribution < -0.4 is 15.4 Å². The molecule has 0 radical (unpaired) electrons. The summed E-state index contributed by atoms with van der Waals surface area (Å²) in [5, 5.41) is 5.37. The Bertz CT molecular complexity index is 662. The summed E-state index contributed by atoms with van der Waals surface area (Å²) in [6.45, 7) is 4.09. The molecular weight excluding hydrogens is 297 g/mol. The van der Waals surface area contributed by atoms with Gasteiger partial charge in [-0.1, -0.05) is 18.2 Å². The highest BCUT2D eigenvalue weighted by Gasteiger charge is 2.10. The number of pyridine rings is 1. The summed E-state index contributed by atoms with van der Waals surface area (Å²) >= 11 is 0. The lowest BCUT2D eigenvalue weighted by molar-refractivity contribution is 0.233. The van der Waals surface area contributed by atoms with Gasteiger partial charge in [-0.3, -0.25) is 0 Å². The van der Waals surface area contributed by atoms with Crippen molar-refractivity contribution in [1.82, 2.24) is 10.3 Å². The maximum absolute atomic E-state index is 13.5. The van der Waals surface area contributed by atoms with E-state index in [1.807, 2.05) is 13.8 Å². The molecule has 23 heavy (non-hydrogen) atoms. The SMILES string of the molecule is CC(C)Oc1ncccc1NC(=O)NCCc1ccccc1F. The summed E-state index contributed by atoms with van der Waals surface area (Å²) in [5.41, 5.74) is 1.06. The number of nitrogens with one attached hydrogen (secondary N) is 2. The summed E-state index contributed by atoms with van der Waals surface area (Å²) in [6.07, 6.45) is 1.97. The van der Waals surface area contributed by atoms with E-state index in [1.165, 1.54) is 6.07 Å². The van der Waals surface area contributed by atoms with Crippen molar-refractivity contribution in [3.05, 3.63) is 54.0 Å². The second-order valence-electron chi connectivity index (χ2n) is 5.25. The lowest BCUT2D eigenvalue weighted by Crippen LogP contribution is -2.31. The molecule has 0 atom stereocenters. The van der Waals surface area contributed by atoms with Gasteiger partial charge in [0.05, 0.1) is 6.10 Å². The zero-order valence-corrected chi connectivity index (χ0v) is 13.2. The quantitative estimate of drug-likeness (QED) is 0.858. The Kier molecular flexibility index (Phi) is 5.91. The Morgan fingerprint density at radius 2 is 2.04 bits per heavy atom. The maximum atomic E-state index is 13.5. The van der Waals surface area contributed by atoms with Crippen LogP contribution in [0.25, 0.3) is 0 Å². The van der Waals surface area contributed by atoms with Crippen molar-refractivity contribution in [2.45, 2.75) is 26.4 Å². The van der Waals surface area contributed by atoms with E-state index >= 15 is 0 Å². The van der Waals surface area contributed by atoms with E-state index in [0.29, 0.717) is 30.1 Å². The Morgan fingerprint density at radius 1 is 1.26 bits per heavy atom. The lowest BCUT2D eigenvalue weighted by Gasteiger charge is -2.14. The number of rotatable bonds is 6. The highest BCUT2D eigenvalue weighted by molar-refractivity contribution is 5.90. The number of aromatic nitrogens is 1. The minimum Gasteiger partial charge on any atom is -0.473 e. The molecule has 0 aliphatic heterocycles. The molecule has 0 spiro atoms.